The van der Waals surface area contributed by atoms with E-state index in [4.69, 9.17) is 0 Å². The van der Waals surface area contributed by atoms with Gasteiger partial charge in [-0.2, -0.15) is 0 Å². The Bertz CT molecular complexity index is 320. The van der Waals surface area contributed by atoms with Crippen LogP contribution in [0, 0.1) is 0 Å². The zero-order valence-electron chi connectivity index (χ0n) is 9.24. The lowest BCUT2D eigenvalue weighted by molar-refractivity contribution is -0.119. The monoisotopic (exact) mass is 239 g/mol. The Labute approximate surface area is 99.6 Å². The van der Waals surface area contributed by atoms with Crippen molar-refractivity contribution in [3.63, 3.8) is 0 Å². The molecule has 1 aromatic rings. The molecule has 2 N–H and O–H groups in total. The first-order valence-corrected chi connectivity index (χ1v) is 6.75. The van der Waals surface area contributed by atoms with Gasteiger partial charge in [0, 0.05) is 18.4 Å². The highest BCUT2D eigenvalue weighted by Gasteiger charge is 2.15. The molecule has 16 heavy (non-hydrogen) atoms. The summed E-state index contributed by atoms with van der Waals surface area (Å²) in [5, 5.41) is 3.88. The largest absolute Gasteiger partial charge is 0.353 e. The zero-order chi connectivity index (χ0) is 11.2. The van der Waals surface area contributed by atoms with E-state index in [9.17, 15) is 4.79 Å². The Morgan fingerprint density at radius 2 is 2.31 bits per heavy atom. The maximum Gasteiger partial charge on any atom is 0.230 e. The van der Waals surface area contributed by atoms with Crippen LogP contribution in [0.2, 0.25) is 0 Å². The Morgan fingerprint density at radius 1 is 1.50 bits per heavy atom. The van der Waals surface area contributed by atoms with E-state index >= 15 is 0 Å². The van der Waals surface area contributed by atoms with Gasteiger partial charge in [0.15, 0.2) is 5.16 Å². The van der Waals surface area contributed by atoms with E-state index in [-0.39, 0.29) is 5.91 Å². The van der Waals surface area contributed by atoms with Gasteiger partial charge in [0.1, 0.15) is 0 Å². The summed E-state index contributed by atoms with van der Waals surface area (Å²) in [5.41, 5.74) is 0. The van der Waals surface area contributed by atoms with E-state index in [0.29, 0.717) is 11.8 Å². The van der Waals surface area contributed by atoms with Gasteiger partial charge in [-0.05, 0) is 12.8 Å². The normalized spacial score (nSPS) is 17.2. The van der Waals surface area contributed by atoms with Crippen molar-refractivity contribution < 1.29 is 4.79 Å². The molecule has 0 aromatic carbocycles. The molecule has 0 unspecified atom stereocenters. The van der Waals surface area contributed by atoms with E-state index < -0.39 is 0 Å². The third-order valence-corrected chi connectivity index (χ3v) is 3.69. The van der Waals surface area contributed by atoms with E-state index in [1.807, 2.05) is 0 Å². The number of thioether (sulfide) groups is 1. The SMILES string of the molecule is O=C(CSc1ncc[nH]1)NC1CCCCC1. The van der Waals surface area contributed by atoms with Crippen molar-refractivity contribution in [3.05, 3.63) is 12.4 Å². The van der Waals surface area contributed by atoms with Crippen LogP contribution in [0.4, 0.5) is 0 Å². The Hall–Kier alpha value is -0.970. The van der Waals surface area contributed by atoms with Gasteiger partial charge in [0.05, 0.1) is 5.75 Å². The van der Waals surface area contributed by atoms with E-state index in [2.05, 4.69) is 15.3 Å². The third-order valence-electron chi connectivity index (χ3n) is 2.78. The number of nitrogens with one attached hydrogen (secondary N) is 2. The van der Waals surface area contributed by atoms with Crippen LogP contribution >= 0.6 is 11.8 Å². The Morgan fingerprint density at radius 3 is 3.00 bits per heavy atom. The van der Waals surface area contributed by atoms with Crippen molar-refractivity contribution in [2.24, 2.45) is 0 Å². The fraction of sp³-hybridized carbons (Fsp3) is 0.636. The number of carbonyl (C=O) groups is 1. The molecule has 1 fully saturated rings. The van der Waals surface area contributed by atoms with Crippen molar-refractivity contribution in [2.75, 3.05) is 5.75 Å². The van der Waals surface area contributed by atoms with E-state index in [0.717, 1.165) is 18.0 Å². The minimum atomic E-state index is 0.119. The second-order valence-electron chi connectivity index (χ2n) is 4.09. The second-order valence-corrected chi connectivity index (χ2v) is 5.05. The molecule has 88 valence electrons. The molecule has 1 aromatic heterocycles. The highest BCUT2D eigenvalue weighted by atomic mass is 32.2. The maximum absolute atomic E-state index is 11.6. The molecule has 0 aliphatic heterocycles. The second kappa shape index (κ2) is 5.94. The molecule has 0 bridgehead atoms. The van der Waals surface area contributed by atoms with E-state index in [1.165, 1.54) is 31.0 Å². The molecule has 1 aliphatic rings. The summed E-state index contributed by atoms with van der Waals surface area (Å²) in [6.07, 6.45) is 9.54. The number of imidazole rings is 1. The van der Waals surface area contributed by atoms with Crippen molar-refractivity contribution in [3.8, 4) is 0 Å². The molecule has 1 amide bonds. The lowest BCUT2D eigenvalue weighted by Gasteiger charge is -2.22. The molecule has 1 aliphatic carbocycles. The highest BCUT2D eigenvalue weighted by Crippen LogP contribution is 2.18. The first-order valence-electron chi connectivity index (χ1n) is 5.76. The molecule has 4 nitrogen and oxygen atoms in total. The van der Waals surface area contributed by atoms with E-state index in [1.54, 1.807) is 12.4 Å². The topological polar surface area (TPSA) is 57.8 Å². The van der Waals surface area contributed by atoms with Crippen molar-refractivity contribution in [2.45, 2.75) is 43.3 Å². The molecule has 2 rings (SSSR count). The summed E-state index contributed by atoms with van der Waals surface area (Å²) in [7, 11) is 0. The standard InChI is InChI=1S/C11H17N3OS/c15-10(8-16-11-12-6-7-13-11)14-9-4-2-1-3-5-9/h6-7,9H,1-5,8H2,(H,12,13)(H,14,15). The van der Waals surface area contributed by atoms with Crippen LogP contribution in [-0.4, -0.2) is 27.7 Å². The van der Waals surface area contributed by atoms with Crippen molar-refractivity contribution in [1.82, 2.24) is 15.3 Å². The van der Waals surface area contributed by atoms with Crippen LogP contribution in [0.5, 0.6) is 0 Å². The molecule has 1 heterocycles. The predicted molar refractivity (Wildman–Crippen MR) is 64.3 cm³/mol. The number of aromatic amines is 1. The summed E-state index contributed by atoms with van der Waals surface area (Å²) in [5.74, 6) is 0.567. The van der Waals surface area contributed by atoms with Gasteiger partial charge in [0.2, 0.25) is 5.91 Å². The van der Waals surface area contributed by atoms with Crippen LogP contribution in [0.1, 0.15) is 32.1 Å². The fourth-order valence-electron chi connectivity index (χ4n) is 1.98. The van der Waals surface area contributed by atoms with Crippen molar-refractivity contribution >= 4 is 17.7 Å². The van der Waals surface area contributed by atoms with Gasteiger partial charge in [-0.3, -0.25) is 4.79 Å². The summed E-state index contributed by atoms with van der Waals surface area (Å²) < 4.78 is 0. The Kier molecular flexibility index (Phi) is 4.27. The van der Waals surface area contributed by atoms with Gasteiger partial charge in [-0.15, -0.1) is 0 Å². The number of nitrogens with zero attached hydrogens (tertiary/aromatic N) is 1. The molecule has 0 atom stereocenters. The summed E-state index contributed by atoms with van der Waals surface area (Å²) in [6.45, 7) is 0. The van der Waals surface area contributed by atoms with Gasteiger partial charge < -0.3 is 10.3 Å². The lowest BCUT2D eigenvalue weighted by atomic mass is 9.95. The number of aromatic nitrogens is 2. The van der Waals surface area contributed by atoms with Crippen LogP contribution in [0.3, 0.4) is 0 Å². The molecule has 0 spiro atoms. The number of rotatable bonds is 4. The van der Waals surface area contributed by atoms with Crippen LogP contribution < -0.4 is 5.32 Å². The van der Waals surface area contributed by atoms with Crippen LogP contribution in [0.25, 0.3) is 0 Å². The molecular formula is C11H17N3OS. The number of hydrogen-bond donors (Lipinski definition) is 2. The lowest BCUT2D eigenvalue weighted by Crippen LogP contribution is -2.37. The minimum absolute atomic E-state index is 0.119. The first kappa shape index (κ1) is 11.5. The average Bonchev–Trinajstić information content (AvgIpc) is 2.81. The summed E-state index contributed by atoms with van der Waals surface area (Å²) >= 11 is 1.45. The fourth-order valence-corrected chi connectivity index (χ4v) is 2.62. The first-order chi connectivity index (χ1) is 7.84. The van der Waals surface area contributed by atoms with Gasteiger partial charge in [-0.1, -0.05) is 31.0 Å². The quantitative estimate of drug-likeness (QED) is 0.790. The Balaban J connectivity index is 1.67. The number of carbonyl (C=O) groups excluding carboxylic acids is 1. The van der Waals surface area contributed by atoms with Crippen LogP contribution in [-0.2, 0) is 4.79 Å². The molecular weight excluding hydrogens is 222 g/mol. The number of hydrogen-bond acceptors (Lipinski definition) is 3. The molecule has 1 saturated carbocycles. The third kappa shape index (κ3) is 3.56. The predicted octanol–water partition coefficient (Wildman–Crippen LogP) is 1.95. The molecule has 0 radical (unpaired) electrons. The number of H-pyrrole nitrogens is 1. The van der Waals surface area contributed by atoms with Gasteiger partial charge >= 0.3 is 0 Å². The van der Waals surface area contributed by atoms with Crippen molar-refractivity contribution in [1.29, 1.82) is 0 Å². The highest BCUT2D eigenvalue weighted by molar-refractivity contribution is 7.99. The molecule has 5 heteroatoms. The minimum Gasteiger partial charge on any atom is -0.353 e. The summed E-state index contributed by atoms with van der Waals surface area (Å²) in [4.78, 5) is 18.7. The number of amides is 1. The van der Waals surface area contributed by atoms with Gasteiger partial charge in [0.25, 0.3) is 0 Å². The van der Waals surface area contributed by atoms with Gasteiger partial charge in [-0.25, -0.2) is 4.98 Å². The summed E-state index contributed by atoms with van der Waals surface area (Å²) in [6, 6.07) is 0.401. The molecule has 0 saturated heterocycles. The van der Waals surface area contributed by atoms with Crippen LogP contribution in [0.15, 0.2) is 17.6 Å². The maximum atomic E-state index is 11.6. The smallest absolute Gasteiger partial charge is 0.230 e. The zero-order valence-corrected chi connectivity index (χ0v) is 10.1. The average molecular weight is 239 g/mol.